The largest absolute Gasteiger partial charge is 0.351 e. The number of carbonyl (C=O) groups is 1. The van der Waals surface area contributed by atoms with Crippen LogP contribution in [0.25, 0.3) is 0 Å². The Morgan fingerprint density at radius 3 is 2.47 bits per heavy atom. The molecule has 0 spiro atoms. The van der Waals surface area contributed by atoms with Gasteiger partial charge in [-0.2, -0.15) is 0 Å². The van der Waals surface area contributed by atoms with E-state index in [0.717, 1.165) is 0 Å². The lowest BCUT2D eigenvalue weighted by atomic mass is 9.96. The minimum Gasteiger partial charge on any atom is -0.351 e. The fourth-order valence-electron chi connectivity index (χ4n) is 1.06. The van der Waals surface area contributed by atoms with Crippen LogP contribution in [0.5, 0.6) is 0 Å². The molecule has 15 heavy (non-hydrogen) atoms. The molecule has 82 valence electrons. The van der Waals surface area contributed by atoms with Gasteiger partial charge < -0.3 is 5.32 Å². The number of benzene rings is 1. The molecule has 0 saturated carbocycles. The first-order valence-electron chi connectivity index (χ1n) is 4.94. The average molecular weight is 226 g/mol. The fraction of sp³-hybridized carbons (Fsp3) is 0.417. The van der Waals surface area contributed by atoms with Crippen molar-refractivity contribution in [2.24, 2.45) is 5.41 Å². The lowest BCUT2D eigenvalue weighted by Gasteiger charge is -2.21. The van der Waals surface area contributed by atoms with E-state index < -0.39 is 0 Å². The van der Waals surface area contributed by atoms with Crippen LogP contribution in [0.2, 0.25) is 0 Å². The van der Waals surface area contributed by atoms with E-state index >= 15 is 0 Å². The molecule has 0 fully saturated rings. The van der Waals surface area contributed by atoms with Gasteiger partial charge in [-0.05, 0) is 17.5 Å². The van der Waals surface area contributed by atoms with Crippen molar-refractivity contribution in [3.8, 4) is 0 Å². The summed E-state index contributed by atoms with van der Waals surface area (Å²) in [6, 6.07) is 9.18. The molecule has 0 bridgehead atoms. The van der Waals surface area contributed by atoms with Gasteiger partial charge in [0.15, 0.2) is 0 Å². The maximum atomic E-state index is 11.7. The van der Waals surface area contributed by atoms with Crippen molar-refractivity contribution in [2.45, 2.75) is 13.8 Å². The topological polar surface area (TPSA) is 29.1 Å². The van der Waals surface area contributed by atoms with Crippen LogP contribution >= 0.6 is 11.6 Å². The molecule has 1 rings (SSSR count). The van der Waals surface area contributed by atoms with Crippen LogP contribution < -0.4 is 5.32 Å². The van der Waals surface area contributed by atoms with E-state index in [1.54, 1.807) is 12.1 Å². The standard InChI is InChI=1S/C12H16ClNO/c1-12(2,8-13)9-14-11(15)10-6-4-3-5-7-10/h3-7H,8-9H2,1-2H3,(H,14,15). The zero-order chi connectivity index (χ0) is 11.3. The summed E-state index contributed by atoms with van der Waals surface area (Å²) >= 11 is 5.77. The molecule has 0 aliphatic carbocycles. The summed E-state index contributed by atoms with van der Waals surface area (Å²) in [6.07, 6.45) is 0. The van der Waals surface area contributed by atoms with Gasteiger partial charge in [-0.15, -0.1) is 11.6 Å². The SMILES string of the molecule is CC(C)(CCl)CNC(=O)c1ccccc1. The lowest BCUT2D eigenvalue weighted by Crippen LogP contribution is -2.34. The minimum atomic E-state index is -0.0635. The Balaban J connectivity index is 2.51. The molecule has 0 unspecified atom stereocenters. The molecular weight excluding hydrogens is 210 g/mol. The first kappa shape index (κ1) is 12.1. The number of alkyl halides is 1. The molecule has 0 atom stereocenters. The van der Waals surface area contributed by atoms with Gasteiger partial charge in [-0.25, -0.2) is 0 Å². The van der Waals surface area contributed by atoms with Crippen molar-refractivity contribution in [3.63, 3.8) is 0 Å². The van der Waals surface area contributed by atoms with Gasteiger partial charge in [0.05, 0.1) is 0 Å². The summed E-state index contributed by atoms with van der Waals surface area (Å²) in [6.45, 7) is 4.63. The third-order valence-electron chi connectivity index (χ3n) is 2.13. The highest BCUT2D eigenvalue weighted by Gasteiger charge is 2.17. The summed E-state index contributed by atoms with van der Waals surface area (Å²) in [7, 11) is 0. The van der Waals surface area contributed by atoms with Crippen molar-refractivity contribution in [1.82, 2.24) is 5.32 Å². The number of amides is 1. The van der Waals surface area contributed by atoms with Gasteiger partial charge in [-0.3, -0.25) is 4.79 Å². The Morgan fingerprint density at radius 2 is 1.93 bits per heavy atom. The average Bonchev–Trinajstić information content (AvgIpc) is 2.27. The van der Waals surface area contributed by atoms with Gasteiger partial charge in [0.1, 0.15) is 0 Å². The number of halogens is 1. The van der Waals surface area contributed by atoms with Crippen molar-refractivity contribution >= 4 is 17.5 Å². The van der Waals surface area contributed by atoms with Crippen LogP contribution in [-0.4, -0.2) is 18.3 Å². The quantitative estimate of drug-likeness (QED) is 0.785. The van der Waals surface area contributed by atoms with Crippen LogP contribution in [0.3, 0.4) is 0 Å². The van der Waals surface area contributed by atoms with E-state index in [9.17, 15) is 4.79 Å². The number of hydrogen-bond donors (Lipinski definition) is 1. The summed E-state index contributed by atoms with van der Waals surface area (Å²) in [4.78, 5) is 11.7. The minimum absolute atomic E-state index is 0.0474. The number of hydrogen-bond acceptors (Lipinski definition) is 1. The van der Waals surface area contributed by atoms with Gasteiger partial charge >= 0.3 is 0 Å². The molecule has 0 saturated heterocycles. The first-order valence-corrected chi connectivity index (χ1v) is 5.48. The molecule has 0 heterocycles. The van der Waals surface area contributed by atoms with Gasteiger partial charge in [-0.1, -0.05) is 32.0 Å². The third-order valence-corrected chi connectivity index (χ3v) is 2.85. The lowest BCUT2D eigenvalue weighted by molar-refractivity contribution is 0.0940. The zero-order valence-electron chi connectivity index (χ0n) is 9.09. The third kappa shape index (κ3) is 3.92. The Kier molecular flexibility index (Phi) is 4.15. The monoisotopic (exact) mass is 225 g/mol. The molecule has 1 N–H and O–H groups in total. The molecule has 0 aromatic heterocycles. The molecule has 0 aliphatic heterocycles. The molecule has 3 heteroatoms. The van der Waals surface area contributed by atoms with E-state index in [4.69, 9.17) is 11.6 Å². The van der Waals surface area contributed by atoms with Crippen LogP contribution in [-0.2, 0) is 0 Å². The summed E-state index contributed by atoms with van der Waals surface area (Å²) in [5.74, 6) is 0.482. The molecular formula is C12H16ClNO. The molecule has 1 aromatic rings. The molecule has 0 radical (unpaired) electrons. The zero-order valence-corrected chi connectivity index (χ0v) is 9.84. The highest BCUT2D eigenvalue weighted by molar-refractivity contribution is 6.18. The van der Waals surface area contributed by atoms with Crippen LogP contribution in [0.1, 0.15) is 24.2 Å². The summed E-state index contributed by atoms with van der Waals surface area (Å²) in [5, 5.41) is 2.87. The van der Waals surface area contributed by atoms with Crippen molar-refractivity contribution in [3.05, 3.63) is 35.9 Å². The Morgan fingerprint density at radius 1 is 1.33 bits per heavy atom. The van der Waals surface area contributed by atoms with E-state index in [1.807, 2.05) is 32.0 Å². The Labute approximate surface area is 95.6 Å². The van der Waals surface area contributed by atoms with Gasteiger partial charge in [0.2, 0.25) is 0 Å². The normalized spacial score (nSPS) is 11.1. The van der Waals surface area contributed by atoms with E-state index in [-0.39, 0.29) is 11.3 Å². The van der Waals surface area contributed by atoms with Crippen molar-refractivity contribution in [2.75, 3.05) is 12.4 Å². The van der Waals surface area contributed by atoms with E-state index in [1.165, 1.54) is 0 Å². The maximum Gasteiger partial charge on any atom is 0.251 e. The predicted molar refractivity (Wildman–Crippen MR) is 63.3 cm³/mol. The van der Waals surface area contributed by atoms with Crippen LogP contribution in [0.4, 0.5) is 0 Å². The summed E-state index contributed by atoms with van der Waals surface area (Å²) < 4.78 is 0. The second-order valence-corrected chi connectivity index (χ2v) is 4.61. The second kappa shape index (κ2) is 5.17. The fourth-order valence-corrected chi connectivity index (χ4v) is 1.15. The highest BCUT2D eigenvalue weighted by Crippen LogP contribution is 2.15. The first-order chi connectivity index (χ1) is 7.05. The summed E-state index contributed by atoms with van der Waals surface area (Å²) in [5.41, 5.74) is 0.620. The number of carbonyl (C=O) groups excluding carboxylic acids is 1. The number of rotatable bonds is 4. The van der Waals surface area contributed by atoms with E-state index in [2.05, 4.69) is 5.32 Å². The Bertz CT molecular complexity index is 322. The van der Waals surface area contributed by atoms with Crippen molar-refractivity contribution < 1.29 is 4.79 Å². The molecule has 1 amide bonds. The molecule has 2 nitrogen and oxygen atoms in total. The van der Waals surface area contributed by atoms with Crippen molar-refractivity contribution in [1.29, 1.82) is 0 Å². The van der Waals surface area contributed by atoms with Gasteiger partial charge in [0.25, 0.3) is 5.91 Å². The molecule has 0 aliphatic rings. The van der Waals surface area contributed by atoms with E-state index in [0.29, 0.717) is 18.0 Å². The number of nitrogens with one attached hydrogen (secondary N) is 1. The maximum absolute atomic E-state index is 11.7. The molecule has 1 aromatic carbocycles. The highest BCUT2D eigenvalue weighted by atomic mass is 35.5. The van der Waals surface area contributed by atoms with Crippen LogP contribution in [0.15, 0.2) is 30.3 Å². The smallest absolute Gasteiger partial charge is 0.251 e. The second-order valence-electron chi connectivity index (χ2n) is 4.35. The van der Waals surface area contributed by atoms with Gasteiger partial charge in [0, 0.05) is 18.0 Å². The predicted octanol–water partition coefficient (Wildman–Crippen LogP) is 2.68. The Hall–Kier alpha value is -1.02. The van der Waals surface area contributed by atoms with Crippen LogP contribution in [0, 0.1) is 5.41 Å².